The van der Waals surface area contributed by atoms with Gasteiger partial charge in [-0.2, -0.15) is 0 Å². The lowest BCUT2D eigenvalue weighted by molar-refractivity contribution is -0.141. The first-order valence-corrected chi connectivity index (χ1v) is 6.84. The second-order valence-corrected chi connectivity index (χ2v) is 5.18. The van der Waals surface area contributed by atoms with Gasteiger partial charge in [0.2, 0.25) is 0 Å². The first-order valence-electron chi connectivity index (χ1n) is 6.46. The summed E-state index contributed by atoms with van der Waals surface area (Å²) in [5.74, 6) is 0.390. The SMILES string of the molecule is CC(Oc1ccccc1Cl)C(=O)N1CCC[C@H](O)C1. The van der Waals surface area contributed by atoms with Crippen LogP contribution in [0.4, 0.5) is 0 Å². The molecule has 0 bridgehead atoms. The van der Waals surface area contributed by atoms with Crippen LogP contribution < -0.4 is 4.74 Å². The predicted octanol–water partition coefficient (Wildman–Crippen LogP) is 2.09. The predicted molar refractivity (Wildman–Crippen MR) is 73.4 cm³/mol. The van der Waals surface area contributed by atoms with Crippen LogP contribution in [-0.2, 0) is 4.79 Å². The Bertz CT molecular complexity index is 452. The highest BCUT2D eigenvalue weighted by atomic mass is 35.5. The number of piperidine rings is 1. The molecule has 1 unspecified atom stereocenters. The number of carbonyl (C=O) groups is 1. The zero-order valence-electron chi connectivity index (χ0n) is 10.9. The lowest BCUT2D eigenvalue weighted by atomic mass is 10.1. The topological polar surface area (TPSA) is 49.8 Å². The molecule has 1 aromatic carbocycles. The van der Waals surface area contributed by atoms with Crippen molar-refractivity contribution in [3.05, 3.63) is 29.3 Å². The summed E-state index contributed by atoms with van der Waals surface area (Å²) < 4.78 is 5.59. The van der Waals surface area contributed by atoms with Crippen molar-refractivity contribution in [3.8, 4) is 5.75 Å². The first-order chi connectivity index (χ1) is 9.08. The van der Waals surface area contributed by atoms with E-state index in [4.69, 9.17) is 16.3 Å². The number of ether oxygens (including phenoxy) is 1. The maximum absolute atomic E-state index is 12.2. The average molecular weight is 284 g/mol. The Morgan fingerprint density at radius 1 is 1.53 bits per heavy atom. The van der Waals surface area contributed by atoms with E-state index < -0.39 is 12.2 Å². The molecule has 5 heteroatoms. The summed E-state index contributed by atoms with van der Waals surface area (Å²) in [6.45, 7) is 2.76. The van der Waals surface area contributed by atoms with Gasteiger partial charge in [0.15, 0.2) is 6.10 Å². The van der Waals surface area contributed by atoms with Crippen LogP contribution in [-0.4, -0.2) is 41.2 Å². The highest BCUT2D eigenvalue weighted by Crippen LogP contribution is 2.24. The molecule has 1 aliphatic rings. The fraction of sp³-hybridized carbons (Fsp3) is 0.500. The number of carbonyl (C=O) groups excluding carboxylic acids is 1. The lowest BCUT2D eigenvalue weighted by Gasteiger charge is -2.32. The maximum Gasteiger partial charge on any atom is 0.263 e. The first kappa shape index (κ1) is 14.2. The quantitative estimate of drug-likeness (QED) is 0.924. The van der Waals surface area contributed by atoms with E-state index >= 15 is 0 Å². The summed E-state index contributed by atoms with van der Waals surface area (Å²) in [4.78, 5) is 13.9. The molecule has 104 valence electrons. The van der Waals surface area contributed by atoms with Crippen LogP contribution >= 0.6 is 11.6 Å². The van der Waals surface area contributed by atoms with Gasteiger partial charge in [0.1, 0.15) is 5.75 Å². The van der Waals surface area contributed by atoms with E-state index in [1.165, 1.54) is 0 Å². The molecule has 0 aromatic heterocycles. The molecular weight excluding hydrogens is 266 g/mol. The number of hydrogen-bond donors (Lipinski definition) is 1. The van der Waals surface area contributed by atoms with E-state index in [1.807, 2.05) is 12.1 Å². The average Bonchev–Trinajstić information content (AvgIpc) is 2.40. The van der Waals surface area contributed by atoms with E-state index in [-0.39, 0.29) is 5.91 Å². The molecule has 1 aromatic rings. The van der Waals surface area contributed by atoms with Gasteiger partial charge < -0.3 is 14.7 Å². The molecule has 0 saturated carbocycles. The monoisotopic (exact) mass is 283 g/mol. The molecule has 1 amide bonds. The minimum atomic E-state index is -0.606. The summed E-state index contributed by atoms with van der Waals surface area (Å²) in [6.07, 6.45) is 0.547. The van der Waals surface area contributed by atoms with E-state index in [0.717, 1.165) is 12.8 Å². The highest BCUT2D eigenvalue weighted by Gasteiger charge is 2.27. The lowest BCUT2D eigenvalue weighted by Crippen LogP contribution is -2.47. The maximum atomic E-state index is 12.2. The van der Waals surface area contributed by atoms with Gasteiger partial charge in [-0.05, 0) is 31.9 Å². The molecule has 0 radical (unpaired) electrons. The largest absolute Gasteiger partial charge is 0.479 e. The zero-order chi connectivity index (χ0) is 13.8. The summed E-state index contributed by atoms with van der Waals surface area (Å²) in [5.41, 5.74) is 0. The summed E-state index contributed by atoms with van der Waals surface area (Å²) in [6, 6.07) is 7.07. The van der Waals surface area contributed by atoms with Crippen LogP contribution in [0.3, 0.4) is 0 Å². The molecule has 1 aliphatic heterocycles. The summed E-state index contributed by atoms with van der Waals surface area (Å²) >= 11 is 5.99. The fourth-order valence-electron chi connectivity index (χ4n) is 2.19. The van der Waals surface area contributed by atoms with Gasteiger partial charge >= 0.3 is 0 Å². The molecule has 0 spiro atoms. The second-order valence-electron chi connectivity index (χ2n) is 4.77. The number of nitrogens with zero attached hydrogens (tertiary/aromatic N) is 1. The molecule has 4 nitrogen and oxygen atoms in total. The Kier molecular flexibility index (Phi) is 4.66. The van der Waals surface area contributed by atoms with E-state index in [2.05, 4.69) is 0 Å². The summed E-state index contributed by atoms with van der Waals surface area (Å²) in [5, 5.41) is 10.1. The van der Waals surface area contributed by atoms with Gasteiger partial charge in [-0.3, -0.25) is 4.79 Å². The van der Waals surface area contributed by atoms with Crippen LogP contribution in [0.5, 0.6) is 5.75 Å². The van der Waals surface area contributed by atoms with Crippen LogP contribution in [0.25, 0.3) is 0 Å². The number of β-amino-alcohol motifs (C(OH)–C–C–N with tert-alkyl or cyclic N) is 1. The standard InChI is InChI=1S/C14H18ClNO3/c1-10(19-13-7-3-2-6-12(13)15)14(18)16-8-4-5-11(17)9-16/h2-3,6-7,10-11,17H,4-5,8-9H2,1H3/t10?,11-/m0/s1. The minimum absolute atomic E-state index is 0.112. The molecule has 1 N–H and O–H groups in total. The Balaban J connectivity index is 1.97. The zero-order valence-corrected chi connectivity index (χ0v) is 11.6. The van der Waals surface area contributed by atoms with E-state index in [0.29, 0.717) is 23.9 Å². The molecule has 2 rings (SSSR count). The van der Waals surface area contributed by atoms with Gasteiger partial charge in [-0.1, -0.05) is 23.7 Å². The molecule has 1 fully saturated rings. The van der Waals surface area contributed by atoms with Crippen LogP contribution in [0.15, 0.2) is 24.3 Å². The molecule has 19 heavy (non-hydrogen) atoms. The number of hydrogen-bond acceptors (Lipinski definition) is 3. The van der Waals surface area contributed by atoms with E-state index in [1.54, 1.807) is 24.0 Å². The van der Waals surface area contributed by atoms with Crippen LogP contribution in [0.2, 0.25) is 5.02 Å². The number of halogens is 1. The van der Waals surface area contributed by atoms with Crippen molar-refractivity contribution in [2.24, 2.45) is 0 Å². The number of benzene rings is 1. The number of rotatable bonds is 3. The van der Waals surface area contributed by atoms with Crippen molar-refractivity contribution >= 4 is 17.5 Å². The second kappa shape index (κ2) is 6.26. The Morgan fingerprint density at radius 2 is 2.26 bits per heavy atom. The van der Waals surface area contributed by atoms with E-state index in [9.17, 15) is 9.90 Å². The molecule has 2 atom stereocenters. The van der Waals surface area contributed by atoms with Gasteiger partial charge in [-0.15, -0.1) is 0 Å². The van der Waals surface area contributed by atoms with Gasteiger partial charge in [0, 0.05) is 13.1 Å². The normalized spacial score (nSPS) is 21.0. The Morgan fingerprint density at radius 3 is 2.95 bits per heavy atom. The number of aliphatic hydroxyl groups is 1. The van der Waals surface area contributed by atoms with Crippen molar-refractivity contribution in [1.82, 2.24) is 4.90 Å². The number of amides is 1. The summed E-state index contributed by atoms with van der Waals surface area (Å²) in [7, 11) is 0. The fourth-order valence-corrected chi connectivity index (χ4v) is 2.37. The minimum Gasteiger partial charge on any atom is -0.479 e. The number of para-hydroxylation sites is 1. The van der Waals surface area contributed by atoms with Crippen molar-refractivity contribution < 1.29 is 14.6 Å². The van der Waals surface area contributed by atoms with Crippen molar-refractivity contribution in [3.63, 3.8) is 0 Å². The highest BCUT2D eigenvalue weighted by molar-refractivity contribution is 6.32. The Labute approximate surface area is 117 Å². The molecule has 1 heterocycles. The van der Waals surface area contributed by atoms with Crippen LogP contribution in [0.1, 0.15) is 19.8 Å². The van der Waals surface area contributed by atoms with Gasteiger partial charge in [0.05, 0.1) is 11.1 Å². The Hall–Kier alpha value is -1.26. The third-order valence-electron chi connectivity index (χ3n) is 3.20. The number of aliphatic hydroxyl groups excluding tert-OH is 1. The smallest absolute Gasteiger partial charge is 0.263 e. The third kappa shape index (κ3) is 3.61. The van der Waals surface area contributed by atoms with Crippen molar-refractivity contribution in [2.75, 3.05) is 13.1 Å². The van der Waals surface area contributed by atoms with Gasteiger partial charge in [0.25, 0.3) is 5.91 Å². The van der Waals surface area contributed by atoms with Gasteiger partial charge in [-0.25, -0.2) is 0 Å². The molecule has 1 saturated heterocycles. The van der Waals surface area contributed by atoms with Crippen molar-refractivity contribution in [2.45, 2.75) is 32.0 Å². The van der Waals surface area contributed by atoms with Crippen LogP contribution in [0, 0.1) is 0 Å². The molecular formula is C14H18ClNO3. The van der Waals surface area contributed by atoms with Crippen molar-refractivity contribution in [1.29, 1.82) is 0 Å². The molecule has 0 aliphatic carbocycles. The number of likely N-dealkylation sites (tertiary alicyclic amines) is 1. The third-order valence-corrected chi connectivity index (χ3v) is 3.51.